The van der Waals surface area contributed by atoms with Gasteiger partial charge in [-0.05, 0) is 127 Å². The maximum Gasteiger partial charge on any atom is 0.180 e. The van der Waals surface area contributed by atoms with Crippen molar-refractivity contribution in [2.45, 2.75) is 51.4 Å². The van der Waals surface area contributed by atoms with Crippen LogP contribution in [0.15, 0.2) is 150 Å². The molecule has 3 aromatic heterocycles. The minimum atomic E-state index is 0.0402. The lowest BCUT2D eigenvalue weighted by molar-refractivity contribution is 0.353. The van der Waals surface area contributed by atoms with Crippen LogP contribution in [0.2, 0.25) is 0 Å². The van der Waals surface area contributed by atoms with E-state index >= 15 is 0 Å². The lowest BCUT2D eigenvalue weighted by atomic mass is 9.66. The maximum atomic E-state index is 9.48. The molecule has 278 valence electrons. The number of allylic oxidation sites excluding steroid dienone is 4. The summed E-state index contributed by atoms with van der Waals surface area (Å²) < 4.78 is 8.95. The molecule has 0 amide bonds. The highest BCUT2D eigenvalue weighted by Gasteiger charge is 2.45. The lowest BCUT2D eigenvalue weighted by Gasteiger charge is -2.37. The molecule has 58 heavy (non-hydrogen) atoms. The van der Waals surface area contributed by atoms with Gasteiger partial charge in [0.05, 0.1) is 22.7 Å². The Morgan fingerprint density at radius 1 is 0.690 bits per heavy atom. The van der Waals surface area contributed by atoms with Crippen molar-refractivity contribution in [3.8, 4) is 51.0 Å². The second-order valence-electron chi connectivity index (χ2n) is 15.8. The summed E-state index contributed by atoms with van der Waals surface area (Å²) in [5.41, 5.74) is 17.1. The summed E-state index contributed by atoms with van der Waals surface area (Å²) in [5.74, 6) is 0.586. The number of aromatic nitrogens is 3. The zero-order valence-electron chi connectivity index (χ0n) is 32.6. The van der Waals surface area contributed by atoms with Crippen molar-refractivity contribution in [2.75, 3.05) is 0 Å². The van der Waals surface area contributed by atoms with Gasteiger partial charge in [0.15, 0.2) is 11.4 Å². The summed E-state index contributed by atoms with van der Waals surface area (Å²) in [5, 5.41) is 12.8. The van der Waals surface area contributed by atoms with Crippen LogP contribution in [0.25, 0.3) is 94.5 Å². The molecule has 0 saturated heterocycles. The lowest BCUT2D eigenvalue weighted by Crippen LogP contribution is -2.28. The summed E-state index contributed by atoms with van der Waals surface area (Å²) in [6.07, 6.45) is 12.7. The monoisotopic (exact) mass is 748 g/mol. The summed E-state index contributed by atoms with van der Waals surface area (Å²) in [7, 11) is 0. The molecule has 0 aliphatic heterocycles. The summed E-state index contributed by atoms with van der Waals surface area (Å²) in [4.78, 5) is 10.3. The average Bonchev–Trinajstić information content (AvgIpc) is 3.91. The van der Waals surface area contributed by atoms with Crippen molar-refractivity contribution < 1.29 is 4.42 Å². The number of rotatable bonds is 5. The van der Waals surface area contributed by atoms with Crippen LogP contribution in [0.3, 0.4) is 0 Å². The van der Waals surface area contributed by atoms with Crippen LogP contribution in [0.1, 0.15) is 62.6 Å². The quantitative estimate of drug-likeness (QED) is 0.164. The molecule has 0 radical (unpaired) electrons. The van der Waals surface area contributed by atoms with E-state index in [-0.39, 0.29) is 5.41 Å². The van der Waals surface area contributed by atoms with Gasteiger partial charge in [0.1, 0.15) is 16.8 Å². The van der Waals surface area contributed by atoms with Crippen molar-refractivity contribution in [3.05, 3.63) is 162 Å². The molecular formula is C53H40N4O. The van der Waals surface area contributed by atoms with Gasteiger partial charge in [-0.15, -0.1) is 0 Å². The van der Waals surface area contributed by atoms with Crippen LogP contribution in [0.4, 0.5) is 0 Å². The van der Waals surface area contributed by atoms with Crippen LogP contribution in [0.5, 0.6) is 0 Å². The van der Waals surface area contributed by atoms with E-state index in [9.17, 15) is 5.26 Å². The molecule has 0 N–H and O–H groups in total. The second-order valence-corrected chi connectivity index (χ2v) is 15.8. The Labute approximate surface area is 337 Å². The number of fused-ring (bicyclic) bond motifs is 11. The second kappa shape index (κ2) is 13.3. The predicted octanol–water partition coefficient (Wildman–Crippen LogP) is 14.0. The minimum absolute atomic E-state index is 0.0402. The maximum absolute atomic E-state index is 9.48. The van der Waals surface area contributed by atoms with Gasteiger partial charge in [-0.2, -0.15) is 5.26 Å². The fourth-order valence-corrected chi connectivity index (χ4v) is 10.2. The molecule has 2 aliphatic rings. The zero-order valence-corrected chi connectivity index (χ0v) is 32.6. The first kappa shape index (κ1) is 34.2. The highest BCUT2D eigenvalue weighted by Crippen LogP contribution is 2.58. The highest BCUT2D eigenvalue weighted by molar-refractivity contribution is 6.14. The largest absolute Gasteiger partial charge is 0.452 e. The molecule has 3 heterocycles. The molecule has 5 heteroatoms. The average molecular weight is 749 g/mol. The van der Waals surface area contributed by atoms with Gasteiger partial charge < -0.3 is 8.98 Å². The zero-order chi connectivity index (χ0) is 39.0. The minimum Gasteiger partial charge on any atom is -0.452 e. The van der Waals surface area contributed by atoms with Crippen molar-refractivity contribution >= 4 is 49.6 Å². The van der Waals surface area contributed by atoms with Crippen molar-refractivity contribution in [2.24, 2.45) is 0 Å². The molecule has 1 saturated carbocycles. The smallest absolute Gasteiger partial charge is 0.180 e. The number of hydrogen-bond donors (Lipinski definition) is 0. The van der Waals surface area contributed by atoms with E-state index in [1.807, 2.05) is 42.5 Å². The standard InChI is InChI=1S/C53H40N4O/c1-3-13-37(4-2)57-45-26-24-35(38-16-12-17-40-39-14-6-8-18-44(39)53(48(38)40)28-10-5-11-29-53)30-42(45)43-31-36(25-27-46(43)57)49-51-50(41-15-7-9-19-47(41)58-51)56-52(55-49)34-22-20-33(32-54)21-23-34/h3-4,6-9,12-27,30-31H,5,10-11,28-29H2,1-2H3/b13-3-,37-4+. The Bertz CT molecular complexity index is 3240. The fourth-order valence-electron chi connectivity index (χ4n) is 10.2. The molecule has 5 nitrogen and oxygen atoms in total. The van der Waals surface area contributed by atoms with Gasteiger partial charge in [-0.25, -0.2) is 9.97 Å². The number of nitrogens with zero attached hydrogens (tertiary/aromatic N) is 4. The van der Waals surface area contributed by atoms with E-state index < -0.39 is 0 Å². The van der Waals surface area contributed by atoms with Crippen LogP contribution >= 0.6 is 0 Å². The third-order valence-corrected chi connectivity index (χ3v) is 12.7. The Hall–Kier alpha value is -7.03. The van der Waals surface area contributed by atoms with E-state index in [1.165, 1.54) is 70.9 Å². The van der Waals surface area contributed by atoms with Crippen LogP contribution in [-0.4, -0.2) is 14.5 Å². The molecule has 11 rings (SSSR count). The normalized spacial score (nSPS) is 14.9. The van der Waals surface area contributed by atoms with E-state index in [2.05, 4.69) is 128 Å². The number of para-hydroxylation sites is 1. The first-order chi connectivity index (χ1) is 28.6. The van der Waals surface area contributed by atoms with Crippen molar-refractivity contribution in [1.82, 2.24) is 14.5 Å². The van der Waals surface area contributed by atoms with Crippen LogP contribution < -0.4 is 0 Å². The Morgan fingerprint density at radius 3 is 2.16 bits per heavy atom. The van der Waals surface area contributed by atoms with Gasteiger partial charge in [-0.1, -0.05) is 98.1 Å². The first-order valence-electron chi connectivity index (χ1n) is 20.4. The first-order valence-corrected chi connectivity index (χ1v) is 20.4. The van der Waals surface area contributed by atoms with Gasteiger partial charge in [0.2, 0.25) is 0 Å². The molecule has 0 atom stereocenters. The van der Waals surface area contributed by atoms with Crippen molar-refractivity contribution in [1.29, 1.82) is 5.26 Å². The van der Waals surface area contributed by atoms with Gasteiger partial charge in [0.25, 0.3) is 0 Å². The third-order valence-electron chi connectivity index (χ3n) is 12.7. The van der Waals surface area contributed by atoms with Crippen molar-refractivity contribution in [3.63, 3.8) is 0 Å². The summed E-state index contributed by atoms with van der Waals surface area (Å²) >= 11 is 0. The van der Waals surface area contributed by atoms with Gasteiger partial charge >= 0.3 is 0 Å². The third kappa shape index (κ3) is 5.01. The number of furan rings is 1. The highest BCUT2D eigenvalue weighted by atomic mass is 16.3. The number of benzene rings is 6. The topological polar surface area (TPSA) is 67.6 Å². The van der Waals surface area contributed by atoms with E-state index in [1.54, 1.807) is 0 Å². The molecule has 0 bridgehead atoms. The predicted molar refractivity (Wildman–Crippen MR) is 237 cm³/mol. The van der Waals surface area contributed by atoms with Crippen LogP contribution in [0, 0.1) is 11.3 Å². The summed E-state index contributed by atoms with van der Waals surface area (Å²) in [6.45, 7) is 4.18. The summed E-state index contributed by atoms with van der Waals surface area (Å²) in [6, 6.07) is 47.6. The molecule has 6 aromatic carbocycles. The molecule has 1 fully saturated rings. The Balaban J connectivity index is 1.16. The molecule has 1 spiro atoms. The van der Waals surface area contributed by atoms with E-state index in [0.29, 0.717) is 17.0 Å². The van der Waals surface area contributed by atoms with Crippen LogP contribution in [-0.2, 0) is 5.41 Å². The fraction of sp³-hybridized carbons (Fsp3) is 0.151. The Kier molecular flexibility index (Phi) is 7.84. The number of hydrogen-bond acceptors (Lipinski definition) is 4. The van der Waals surface area contributed by atoms with E-state index in [4.69, 9.17) is 14.4 Å². The van der Waals surface area contributed by atoms with Gasteiger partial charge in [-0.3, -0.25) is 0 Å². The molecule has 2 aliphatic carbocycles. The molecular weight excluding hydrogens is 709 g/mol. The molecule has 0 unspecified atom stereocenters. The SMILES string of the molecule is C/C=C\C(=C/C)n1c2ccc(-c3cccc4c3C3(CCCCC3)c3ccccc3-4)cc2c2cc(-c3nc(-c4ccc(C#N)cc4)nc4c3oc3ccccc34)ccc21. The van der Waals surface area contributed by atoms with E-state index in [0.717, 1.165) is 55.4 Å². The Morgan fingerprint density at radius 2 is 1.38 bits per heavy atom. The van der Waals surface area contributed by atoms with Gasteiger partial charge in [0, 0.05) is 38.4 Å². The number of nitriles is 1. The molecule has 9 aromatic rings.